The van der Waals surface area contributed by atoms with Crippen molar-refractivity contribution in [3.8, 4) is 0 Å². The summed E-state index contributed by atoms with van der Waals surface area (Å²) in [5.74, 6) is -0.896. The highest BCUT2D eigenvalue weighted by Gasteiger charge is 2.21. The molecule has 2 aromatic carbocycles. The molecule has 0 atom stereocenters. The summed E-state index contributed by atoms with van der Waals surface area (Å²) in [6.45, 7) is 3.64. The van der Waals surface area contributed by atoms with Gasteiger partial charge in [0.25, 0.3) is 11.6 Å². The first kappa shape index (κ1) is 20.2. The van der Waals surface area contributed by atoms with Crippen LogP contribution in [-0.2, 0) is 6.42 Å². The van der Waals surface area contributed by atoms with Gasteiger partial charge in [-0.1, -0.05) is 24.3 Å². The molecule has 0 unspecified atom stereocenters. The highest BCUT2D eigenvalue weighted by molar-refractivity contribution is 5.97. The molecule has 3 rings (SSSR count). The summed E-state index contributed by atoms with van der Waals surface area (Å²) >= 11 is 0. The lowest BCUT2D eigenvalue weighted by molar-refractivity contribution is -0.393. The Morgan fingerprint density at radius 2 is 1.90 bits per heavy atom. The van der Waals surface area contributed by atoms with Crippen LogP contribution in [0.2, 0.25) is 0 Å². The topological polar surface area (TPSA) is 158 Å². The summed E-state index contributed by atoms with van der Waals surface area (Å²) in [5.41, 5.74) is 3.02. The second-order valence-corrected chi connectivity index (χ2v) is 6.07. The smallest absolute Gasteiger partial charge is 0.349 e. The monoisotopic (exact) mass is 410 g/mol. The van der Waals surface area contributed by atoms with E-state index in [9.17, 15) is 29.8 Å². The molecule has 30 heavy (non-hydrogen) atoms. The van der Waals surface area contributed by atoms with Gasteiger partial charge in [-0.2, -0.15) is 0 Å². The van der Waals surface area contributed by atoms with Crippen molar-refractivity contribution in [3.63, 3.8) is 0 Å². The normalized spacial score (nSPS) is 10.4. The lowest BCUT2D eigenvalue weighted by Gasteiger charge is -2.09. The van der Waals surface area contributed by atoms with Crippen molar-refractivity contribution in [2.45, 2.75) is 6.42 Å². The molecule has 1 amide bonds. The van der Waals surface area contributed by atoms with Gasteiger partial charge in [-0.15, -0.1) is 6.58 Å². The third-order valence-electron chi connectivity index (χ3n) is 4.15. The number of allylic oxidation sites excluding steroid dienone is 1. The highest BCUT2D eigenvalue weighted by atomic mass is 16.6. The van der Waals surface area contributed by atoms with E-state index >= 15 is 0 Å². The average molecular weight is 410 g/mol. The van der Waals surface area contributed by atoms with E-state index in [2.05, 4.69) is 17.4 Å². The second kappa shape index (κ2) is 8.22. The predicted molar refractivity (Wildman–Crippen MR) is 107 cm³/mol. The molecule has 0 radical (unpaired) electrons. The summed E-state index contributed by atoms with van der Waals surface area (Å²) < 4.78 is 5.28. The lowest BCUT2D eigenvalue weighted by atomic mass is 10.1. The number of nitro groups is 2. The van der Waals surface area contributed by atoms with Crippen LogP contribution in [0, 0.1) is 20.2 Å². The van der Waals surface area contributed by atoms with Crippen molar-refractivity contribution < 1.29 is 19.1 Å². The van der Waals surface area contributed by atoms with Gasteiger partial charge < -0.3 is 4.42 Å². The third kappa shape index (κ3) is 3.99. The molecule has 0 aliphatic rings. The number of rotatable bonds is 7. The van der Waals surface area contributed by atoms with E-state index in [0.29, 0.717) is 17.4 Å². The van der Waals surface area contributed by atoms with Crippen LogP contribution in [0.3, 0.4) is 0 Å². The first-order valence-electron chi connectivity index (χ1n) is 8.47. The molecule has 0 spiro atoms. The zero-order valence-corrected chi connectivity index (χ0v) is 15.3. The molecule has 11 nitrogen and oxygen atoms in total. The molecule has 2 N–H and O–H groups in total. The van der Waals surface area contributed by atoms with E-state index < -0.39 is 32.8 Å². The van der Waals surface area contributed by atoms with Crippen molar-refractivity contribution in [3.05, 3.63) is 96.9 Å². The number of carbonyl (C=O) groups excluding carboxylic acids is 1. The minimum Gasteiger partial charge on any atom is -0.422 e. The van der Waals surface area contributed by atoms with Crippen LogP contribution in [0.25, 0.3) is 11.0 Å². The maximum atomic E-state index is 12.4. The maximum absolute atomic E-state index is 12.4. The van der Waals surface area contributed by atoms with Gasteiger partial charge in [-0.25, -0.2) is 4.79 Å². The Hall–Kier alpha value is -4.54. The lowest BCUT2D eigenvalue weighted by Crippen LogP contribution is -2.33. The van der Waals surface area contributed by atoms with Crippen LogP contribution in [-0.4, -0.2) is 15.8 Å². The number of amides is 1. The number of fused-ring (bicyclic) bond motifs is 1. The Kier molecular flexibility index (Phi) is 5.54. The Morgan fingerprint density at radius 3 is 2.57 bits per heavy atom. The first-order valence-corrected chi connectivity index (χ1v) is 8.47. The van der Waals surface area contributed by atoms with Crippen LogP contribution in [0.15, 0.2) is 64.3 Å². The fraction of sp³-hybridized carbons (Fsp3) is 0.0526. The molecule has 0 fully saturated rings. The highest BCUT2D eigenvalue weighted by Crippen LogP contribution is 2.28. The quantitative estimate of drug-likeness (QED) is 0.260. The number of anilines is 1. The minimum absolute atomic E-state index is 0.197. The zero-order valence-electron chi connectivity index (χ0n) is 15.3. The van der Waals surface area contributed by atoms with Crippen LogP contribution in [0.4, 0.5) is 17.1 Å². The van der Waals surface area contributed by atoms with Gasteiger partial charge in [-0.3, -0.25) is 35.9 Å². The standard InChI is InChI=1S/C19H14N4O7/c1-2-4-11-5-3-6-12-9-14(19(25)30-17(11)12)18(24)21-20-15-8-7-13(22(26)27)10-16(15)23(28)29/h2-3,5-10,20H,1,4H2,(H,21,24). The predicted octanol–water partition coefficient (Wildman–Crippen LogP) is 3.09. The van der Waals surface area contributed by atoms with E-state index in [1.165, 1.54) is 6.07 Å². The minimum atomic E-state index is -0.896. The van der Waals surface area contributed by atoms with E-state index in [4.69, 9.17) is 4.42 Å². The molecule has 1 heterocycles. The molecule has 0 saturated carbocycles. The Morgan fingerprint density at radius 1 is 1.13 bits per heavy atom. The maximum Gasteiger partial charge on any atom is 0.349 e. The van der Waals surface area contributed by atoms with Crippen molar-refractivity contribution in [2.24, 2.45) is 0 Å². The second-order valence-electron chi connectivity index (χ2n) is 6.07. The average Bonchev–Trinajstić information content (AvgIpc) is 2.72. The Balaban J connectivity index is 1.88. The number of benzene rings is 2. The van der Waals surface area contributed by atoms with Gasteiger partial charge in [-0.05, 0) is 24.1 Å². The number of nitrogens with zero attached hydrogens (tertiary/aromatic N) is 2. The van der Waals surface area contributed by atoms with Crippen LogP contribution in [0.5, 0.6) is 0 Å². The number of para-hydroxylation sites is 1. The molecule has 0 bridgehead atoms. The molecule has 152 valence electrons. The number of nitro benzene ring substituents is 2. The molecule has 0 aliphatic heterocycles. The zero-order chi connectivity index (χ0) is 21.8. The largest absolute Gasteiger partial charge is 0.422 e. The molecular weight excluding hydrogens is 396 g/mol. The Labute approximate surface area is 167 Å². The molecule has 11 heteroatoms. The Bertz CT molecular complexity index is 1250. The van der Waals surface area contributed by atoms with Gasteiger partial charge in [0.1, 0.15) is 16.8 Å². The number of carbonyl (C=O) groups is 1. The fourth-order valence-electron chi connectivity index (χ4n) is 2.76. The third-order valence-corrected chi connectivity index (χ3v) is 4.15. The van der Waals surface area contributed by atoms with Gasteiger partial charge in [0.2, 0.25) is 0 Å². The van der Waals surface area contributed by atoms with Crippen molar-refractivity contribution in [1.29, 1.82) is 0 Å². The summed E-state index contributed by atoms with van der Waals surface area (Å²) in [4.78, 5) is 45.0. The summed E-state index contributed by atoms with van der Waals surface area (Å²) in [5, 5.41) is 22.5. The van der Waals surface area contributed by atoms with Crippen LogP contribution < -0.4 is 16.5 Å². The molecular formula is C19H14N4O7. The van der Waals surface area contributed by atoms with E-state index in [-0.39, 0.29) is 11.3 Å². The van der Waals surface area contributed by atoms with Gasteiger partial charge in [0, 0.05) is 11.5 Å². The molecule has 1 aromatic heterocycles. The van der Waals surface area contributed by atoms with Crippen LogP contribution in [0.1, 0.15) is 15.9 Å². The number of non-ortho nitro benzene ring substituents is 1. The number of hydrogen-bond acceptors (Lipinski definition) is 8. The van der Waals surface area contributed by atoms with Crippen LogP contribution >= 0.6 is 0 Å². The van der Waals surface area contributed by atoms with E-state index in [1.54, 1.807) is 24.3 Å². The summed E-state index contributed by atoms with van der Waals surface area (Å²) in [6, 6.07) is 9.36. The number of hydrazine groups is 1. The summed E-state index contributed by atoms with van der Waals surface area (Å²) in [6.07, 6.45) is 2.12. The fourth-order valence-corrected chi connectivity index (χ4v) is 2.76. The van der Waals surface area contributed by atoms with Gasteiger partial charge >= 0.3 is 11.3 Å². The van der Waals surface area contributed by atoms with Crippen molar-refractivity contribution in [2.75, 3.05) is 5.43 Å². The van der Waals surface area contributed by atoms with E-state index in [0.717, 1.165) is 23.8 Å². The van der Waals surface area contributed by atoms with Gasteiger partial charge in [0.05, 0.1) is 15.9 Å². The molecule has 3 aromatic rings. The van der Waals surface area contributed by atoms with Crippen molar-refractivity contribution in [1.82, 2.24) is 5.43 Å². The van der Waals surface area contributed by atoms with Crippen molar-refractivity contribution >= 4 is 33.9 Å². The van der Waals surface area contributed by atoms with Gasteiger partial charge in [0.15, 0.2) is 0 Å². The number of nitrogens with one attached hydrogen (secondary N) is 2. The van der Waals surface area contributed by atoms with E-state index in [1.807, 2.05) is 0 Å². The molecule has 0 saturated heterocycles. The number of hydrogen-bond donors (Lipinski definition) is 2. The SMILES string of the molecule is C=CCc1cccc2cc(C(=O)NNc3ccc([N+](=O)[O-])cc3[N+](=O)[O-])c(=O)oc12. The molecule has 0 aliphatic carbocycles. The first-order chi connectivity index (χ1) is 14.3. The summed E-state index contributed by atoms with van der Waals surface area (Å²) in [7, 11) is 0.